The molecule has 0 fully saturated rings. The summed E-state index contributed by atoms with van der Waals surface area (Å²) >= 11 is 0. The lowest BCUT2D eigenvalue weighted by molar-refractivity contribution is -0.642. The highest BCUT2D eigenvalue weighted by Gasteiger charge is 2.22. The van der Waals surface area contributed by atoms with E-state index in [2.05, 4.69) is 83.6 Å². The van der Waals surface area contributed by atoms with Crippen LogP contribution in [0.25, 0.3) is 54.7 Å². The molecule has 0 aliphatic heterocycles. The lowest BCUT2D eigenvalue weighted by Gasteiger charge is -2.16. The number of aryl methyl sites for hydroxylation is 1. The first kappa shape index (κ1) is 27.3. The molecule has 0 unspecified atom stereocenters. The van der Waals surface area contributed by atoms with Crippen LogP contribution >= 0.6 is 0 Å². The van der Waals surface area contributed by atoms with Crippen molar-refractivity contribution >= 4 is 32.4 Å². The minimum Gasteiger partial charge on any atom is -1.00 e. The largest absolute Gasteiger partial charge is 1.00 e. The minimum absolute atomic E-state index is 0. The van der Waals surface area contributed by atoms with Gasteiger partial charge in [-0.05, 0) is 40.5 Å². The van der Waals surface area contributed by atoms with Crippen molar-refractivity contribution in [1.29, 1.82) is 0 Å². The van der Waals surface area contributed by atoms with Crippen LogP contribution < -0.4 is 31.2 Å². The summed E-state index contributed by atoms with van der Waals surface area (Å²) in [4.78, 5) is 0. The molecule has 0 radical (unpaired) electrons. The minimum atomic E-state index is -0.0887. The highest BCUT2D eigenvalue weighted by molar-refractivity contribution is 6.19. The Morgan fingerprint density at radius 2 is 1.23 bits per heavy atom. The van der Waals surface area contributed by atoms with Crippen LogP contribution in [0.3, 0.4) is 0 Å². The van der Waals surface area contributed by atoms with Crippen molar-refractivity contribution in [1.82, 2.24) is 0 Å². The van der Waals surface area contributed by atoms with Crippen molar-refractivity contribution in [3.8, 4) is 39.5 Å². The molecule has 0 spiro atoms. The maximum atomic E-state index is 9.92. The molecular formula is C34H30ClNO4. The average Bonchev–Trinajstić information content (AvgIpc) is 2.99. The van der Waals surface area contributed by atoms with E-state index in [4.69, 9.17) is 14.2 Å². The quantitative estimate of drug-likeness (QED) is 0.253. The number of ether oxygens (including phenoxy) is 3. The summed E-state index contributed by atoms with van der Waals surface area (Å²) in [6.07, 6.45) is 2.07. The molecule has 6 aromatic rings. The molecule has 0 saturated carbocycles. The van der Waals surface area contributed by atoms with Crippen molar-refractivity contribution in [2.24, 2.45) is 7.05 Å². The molecule has 1 heterocycles. The number of rotatable bonds is 6. The molecule has 5 nitrogen and oxygen atoms in total. The van der Waals surface area contributed by atoms with E-state index in [1.54, 1.807) is 21.3 Å². The first-order valence-corrected chi connectivity index (χ1v) is 12.8. The van der Waals surface area contributed by atoms with Crippen LogP contribution in [-0.2, 0) is 13.7 Å². The number of methoxy groups -OCH3 is 3. The molecule has 1 aromatic heterocycles. The van der Waals surface area contributed by atoms with E-state index in [1.807, 2.05) is 19.2 Å². The van der Waals surface area contributed by atoms with Crippen LogP contribution in [0.4, 0.5) is 0 Å². The van der Waals surface area contributed by atoms with Crippen molar-refractivity contribution in [3.05, 3.63) is 96.7 Å². The summed E-state index contributed by atoms with van der Waals surface area (Å²) in [6.45, 7) is -0.0887. The number of hydrogen-bond acceptors (Lipinski definition) is 4. The van der Waals surface area contributed by atoms with Crippen molar-refractivity contribution < 1.29 is 36.3 Å². The van der Waals surface area contributed by atoms with E-state index in [1.165, 1.54) is 11.1 Å². The number of fused-ring (bicyclic) bond motifs is 5. The van der Waals surface area contributed by atoms with Gasteiger partial charge in [-0.3, -0.25) is 0 Å². The molecule has 202 valence electrons. The maximum absolute atomic E-state index is 9.92. The molecule has 6 heteroatoms. The monoisotopic (exact) mass is 551 g/mol. The summed E-state index contributed by atoms with van der Waals surface area (Å²) in [5, 5.41) is 15.1. The van der Waals surface area contributed by atoms with Gasteiger partial charge >= 0.3 is 0 Å². The number of aromatic nitrogens is 1. The van der Waals surface area contributed by atoms with Crippen molar-refractivity contribution in [3.63, 3.8) is 0 Å². The Bertz CT molecular complexity index is 1850. The number of nitrogens with zero attached hydrogens (tertiary/aromatic N) is 1. The average molecular weight is 552 g/mol. The third-order valence-electron chi connectivity index (χ3n) is 7.53. The van der Waals surface area contributed by atoms with Gasteiger partial charge in [-0.15, -0.1) is 0 Å². The number of hydrogen-bond donors (Lipinski definition) is 1. The predicted molar refractivity (Wildman–Crippen MR) is 157 cm³/mol. The van der Waals surface area contributed by atoms with Gasteiger partial charge in [0.25, 0.3) is 0 Å². The number of aliphatic hydroxyl groups excluding tert-OH is 1. The third kappa shape index (κ3) is 4.37. The topological polar surface area (TPSA) is 51.8 Å². The number of halogens is 1. The van der Waals surface area contributed by atoms with E-state index in [-0.39, 0.29) is 19.0 Å². The number of pyridine rings is 1. The molecule has 6 rings (SSSR count). The van der Waals surface area contributed by atoms with Gasteiger partial charge in [-0.25, -0.2) is 0 Å². The molecular weight excluding hydrogens is 522 g/mol. The van der Waals surface area contributed by atoms with Crippen molar-refractivity contribution in [2.45, 2.75) is 6.61 Å². The second kappa shape index (κ2) is 11.0. The normalized spacial score (nSPS) is 11.0. The first-order valence-electron chi connectivity index (χ1n) is 12.8. The fourth-order valence-corrected chi connectivity index (χ4v) is 5.66. The van der Waals surface area contributed by atoms with Gasteiger partial charge in [-0.1, -0.05) is 66.7 Å². The van der Waals surface area contributed by atoms with Gasteiger partial charge in [0.05, 0.1) is 44.1 Å². The lowest BCUT2D eigenvalue weighted by atomic mass is 9.91. The fourth-order valence-electron chi connectivity index (χ4n) is 5.66. The molecule has 0 aliphatic rings. The summed E-state index contributed by atoms with van der Waals surface area (Å²) in [5.41, 5.74) is 6.38. The van der Waals surface area contributed by atoms with Crippen LogP contribution in [-0.4, -0.2) is 26.4 Å². The summed E-state index contributed by atoms with van der Waals surface area (Å²) < 4.78 is 19.3. The second-order valence-electron chi connectivity index (χ2n) is 9.63. The van der Waals surface area contributed by atoms with E-state index >= 15 is 0 Å². The Balaban J connectivity index is 0.00000323. The van der Waals surface area contributed by atoms with Crippen LogP contribution in [0.2, 0.25) is 0 Å². The fraction of sp³-hybridized carbons (Fsp3) is 0.147. The number of aliphatic hydroxyl groups is 1. The second-order valence-corrected chi connectivity index (χ2v) is 9.63. The zero-order valence-electron chi connectivity index (χ0n) is 22.9. The smallest absolute Gasteiger partial charge is 0.220 e. The molecule has 40 heavy (non-hydrogen) atoms. The van der Waals surface area contributed by atoms with Gasteiger partial charge in [0.1, 0.15) is 12.8 Å². The summed E-state index contributed by atoms with van der Waals surface area (Å²) in [6, 6.07) is 29.5. The Labute approximate surface area is 239 Å². The van der Waals surface area contributed by atoms with E-state index in [0.29, 0.717) is 17.2 Å². The third-order valence-corrected chi connectivity index (χ3v) is 7.53. The molecule has 5 aromatic carbocycles. The van der Waals surface area contributed by atoms with Crippen molar-refractivity contribution in [2.75, 3.05) is 21.3 Å². The van der Waals surface area contributed by atoms with Crippen LogP contribution in [0.1, 0.15) is 5.56 Å². The zero-order chi connectivity index (χ0) is 27.1. The predicted octanol–water partition coefficient (Wildman–Crippen LogP) is 3.83. The highest BCUT2D eigenvalue weighted by atomic mass is 35.5. The molecule has 0 amide bonds. The Kier molecular flexibility index (Phi) is 7.53. The molecule has 0 bridgehead atoms. The van der Waals surface area contributed by atoms with Crippen LogP contribution in [0.15, 0.2) is 91.1 Å². The van der Waals surface area contributed by atoms with Crippen LogP contribution in [0, 0.1) is 0 Å². The van der Waals surface area contributed by atoms with E-state index in [0.717, 1.165) is 49.1 Å². The lowest BCUT2D eigenvalue weighted by Crippen LogP contribution is -3.00. The summed E-state index contributed by atoms with van der Waals surface area (Å²) in [5.74, 6) is 2.05. The van der Waals surface area contributed by atoms with Gasteiger partial charge in [0, 0.05) is 16.3 Å². The van der Waals surface area contributed by atoms with Gasteiger partial charge in [-0.2, -0.15) is 4.57 Å². The van der Waals surface area contributed by atoms with Gasteiger partial charge in [0.2, 0.25) is 5.52 Å². The van der Waals surface area contributed by atoms with Crippen LogP contribution in [0.5, 0.6) is 17.2 Å². The van der Waals surface area contributed by atoms with E-state index < -0.39 is 0 Å². The highest BCUT2D eigenvalue weighted by Crippen LogP contribution is 2.43. The Morgan fingerprint density at radius 3 is 1.85 bits per heavy atom. The maximum Gasteiger partial charge on any atom is 0.220 e. The molecule has 1 N–H and O–H groups in total. The van der Waals surface area contributed by atoms with Gasteiger partial charge in [0.15, 0.2) is 17.7 Å². The zero-order valence-corrected chi connectivity index (χ0v) is 23.6. The molecule has 0 saturated heterocycles. The van der Waals surface area contributed by atoms with E-state index in [9.17, 15) is 5.11 Å². The Morgan fingerprint density at radius 1 is 0.625 bits per heavy atom. The SMILES string of the molecule is COc1cc2c(-c3ccc(-c4ccccc4)cc3)cc3c4ccc(CO)c(OC)c4c[n+](C)c3c2cc1OC.[Cl-]. The first-order chi connectivity index (χ1) is 19.1. The standard InChI is InChI=1S/C34H30NO4.ClH/c1-35-19-30-25(15-14-24(20-36)34(30)39-4)28-16-26(23-12-10-22(11-13-23)21-8-6-5-7-9-21)27-17-31(37-2)32(38-3)18-29(27)33(28)35;/h5-19,36H,20H2,1-4H3;1H/q+1;/p-1. The number of benzene rings is 5. The van der Waals surface area contributed by atoms with Gasteiger partial charge < -0.3 is 31.7 Å². The molecule has 0 aliphatic carbocycles. The molecule has 0 atom stereocenters. The summed E-state index contributed by atoms with van der Waals surface area (Å²) in [7, 11) is 7.01. The Hall–Kier alpha value is -4.32.